The van der Waals surface area contributed by atoms with E-state index in [-0.39, 0.29) is 11.4 Å². The summed E-state index contributed by atoms with van der Waals surface area (Å²) in [5, 5.41) is 4.41. The van der Waals surface area contributed by atoms with Crippen LogP contribution in [0.15, 0.2) is 18.3 Å². The van der Waals surface area contributed by atoms with Gasteiger partial charge in [0, 0.05) is 18.6 Å². The molecule has 0 atom stereocenters. The highest BCUT2D eigenvalue weighted by Crippen LogP contribution is 2.36. The zero-order valence-corrected chi connectivity index (χ0v) is 9.84. The summed E-state index contributed by atoms with van der Waals surface area (Å²) in [6.45, 7) is 3.75. The predicted molar refractivity (Wildman–Crippen MR) is 59.8 cm³/mol. The zero-order chi connectivity index (χ0) is 12.8. The van der Waals surface area contributed by atoms with E-state index in [1.165, 1.54) is 10.7 Å². The van der Waals surface area contributed by atoms with Crippen molar-refractivity contribution in [2.24, 2.45) is 7.05 Å². The predicted octanol–water partition coefficient (Wildman–Crippen LogP) is 3.72. The molecule has 0 amide bonds. The van der Waals surface area contributed by atoms with E-state index >= 15 is 0 Å². The van der Waals surface area contributed by atoms with Gasteiger partial charge >= 0.3 is 6.18 Å². The molecule has 0 aliphatic heterocycles. The highest BCUT2D eigenvalue weighted by Gasteiger charge is 2.34. The van der Waals surface area contributed by atoms with E-state index in [1.54, 1.807) is 19.3 Å². The number of hydrogen-bond acceptors (Lipinski definition) is 1. The van der Waals surface area contributed by atoms with E-state index < -0.39 is 11.7 Å². The lowest BCUT2D eigenvalue weighted by Gasteiger charge is -2.11. The van der Waals surface area contributed by atoms with Crippen LogP contribution in [0.2, 0.25) is 0 Å². The third-order valence-corrected chi connectivity index (χ3v) is 2.72. The molecule has 0 aliphatic carbocycles. The Bertz CT molecular complexity index is 553. The fraction of sp³-hybridized carbons (Fsp3) is 0.417. The average Bonchev–Trinajstić information content (AvgIpc) is 2.54. The lowest BCUT2D eigenvalue weighted by molar-refractivity contribution is -0.136. The first kappa shape index (κ1) is 12.0. The number of halogens is 3. The van der Waals surface area contributed by atoms with Gasteiger partial charge in [0.15, 0.2) is 0 Å². The Hall–Kier alpha value is -1.52. The summed E-state index contributed by atoms with van der Waals surface area (Å²) in [7, 11) is 1.62. The fourth-order valence-corrected chi connectivity index (χ4v) is 1.83. The van der Waals surface area contributed by atoms with E-state index in [2.05, 4.69) is 5.10 Å². The van der Waals surface area contributed by atoms with Crippen LogP contribution >= 0.6 is 0 Å². The van der Waals surface area contributed by atoms with Crippen molar-refractivity contribution in [1.29, 1.82) is 0 Å². The molecule has 0 unspecified atom stereocenters. The number of aryl methyl sites for hydroxylation is 1. The lowest BCUT2D eigenvalue weighted by atomic mass is 9.98. The van der Waals surface area contributed by atoms with E-state index in [4.69, 9.17) is 0 Å². The summed E-state index contributed by atoms with van der Waals surface area (Å²) >= 11 is 0. The van der Waals surface area contributed by atoms with Crippen LogP contribution in [0.5, 0.6) is 0 Å². The molecule has 0 fully saturated rings. The number of fused-ring (bicyclic) bond motifs is 1. The molecule has 2 nitrogen and oxygen atoms in total. The third kappa shape index (κ3) is 2.14. The molecule has 1 heterocycles. The van der Waals surface area contributed by atoms with Gasteiger partial charge in [0.05, 0.1) is 5.56 Å². The second-order valence-electron chi connectivity index (χ2n) is 4.46. The minimum Gasteiger partial charge on any atom is -0.275 e. The van der Waals surface area contributed by atoms with E-state index in [0.717, 1.165) is 0 Å². The molecule has 0 bridgehead atoms. The van der Waals surface area contributed by atoms with E-state index in [0.29, 0.717) is 10.9 Å². The Morgan fingerprint density at radius 2 is 1.88 bits per heavy atom. The molecule has 0 spiro atoms. The first-order chi connectivity index (χ1) is 7.79. The first-order valence-electron chi connectivity index (χ1n) is 5.33. The van der Waals surface area contributed by atoms with Gasteiger partial charge in [-0.05, 0) is 23.6 Å². The minimum absolute atomic E-state index is 0.0180. The Morgan fingerprint density at radius 1 is 1.24 bits per heavy atom. The van der Waals surface area contributed by atoms with Gasteiger partial charge in [0.2, 0.25) is 0 Å². The van der Waals surface area contributed by atoms with Gasteiger partial charge in [-0.3, -0.25) is 4.68 Å². The number of benzene rings is 1. The van der Waals surface area contributed by atoms with E-state index in [9.17, 15) is 13.2 Å². The summed E-state index contributed by atoms with van der Waals surface area (Å²) in [6.07, 6.45) is -2.76. The van der Waals surface area contributed by atoms with Crippen LogP contribution in [0.3, 0.4) is 0 Å². The third-order valence-electron chi connectivity index (χ3n) is 2.72. The van der Waals surface area contributed by atoms with Crippen molar-refractivity contribution in [3.63, 3.8) is 0 Å². The largest absolute Gasteiger partial charge is 0.418 e. The highest BCUT2D eigenvalue weighted by atomic mass is 19.4. The number of hydrogen-bond donors (Lipinski definition) is 0. The van der Waals surface area contributed by atoms with Gasteiger partial charge in [-0.15, -0.1) is 0 Å². The molecule has 17 heavy (non-hydrogen) atoms. The average molecular weight is 242 g/mol. The molecule has 1 aromatic heterocycles. The van der Waals surface area contributed by atoms with Crippen LogP contribution in [-0.2, 0) is 13.2 Å². The molecule has 0 aliphatic rings. The molecule has 0 saturated heterocycles. The van der Waals surface area contributed by atoms with Crippen LogP contribution in [0, 0.1) is 0 Å². The van der Waals surface area contributed by atoms with Gasteiger partial charge in [0.1, 0.15) is 5.52 Å². The number of alkyl halides is 3. The summed E-state index contributed by atoms with van der Waals surface area (Å²) in [5.74, 6) is 0.0562. The van der Waals surface area contributed by atoms with Crippen molar-refractivity contribution < 1.29 is 13.2 Å². The second kappa shape index (κ2) is 3.75. The molecule has 92 valence electrons. The molecule has 0 saturated carbocycles. The number of rotatable bonds is 1. The fourth-order valence-electron chi connectivity index (χ4n) is 1.83. The van der Waals surface area contributed by atoms with Gasteiger partial charge in [0.25, 0.3) is 0 Å². The Kier molecular flexibility index (Phi) is 2.64. The van der Waals surface area contributed by atoms with Crippen molar-refractivity contribution in [3.8, 4) is 0 Å². The normalized spacial score (nSPS) is 12.6. The monoisotopic (exact) mass is 242 g/mol. The summed E-state index contributed by atoms with van der Waals surface area (Å²) < 4.78 is 40.2. The molecule has 0 N–H and O–H groups in total. The molecule has 1 aromatic carbocycles. The van der Waals surface area contributed by atoms with Crippen LogP contribution in [0.4, 0.5) is 13.2 Å². The smallest absolute Gasteiger partial charge is 0.275 e. The standard InChI is InChI=1S/C12H13F3N2/c1-7(2)8-4-9-6-17(3)16-11(9)10(5-8)12(13,14)15/h4-7H,1-3H3. The minimum atomic E-state index is -4.36. The summed E-state index contributed by atoms with van der Waals surface area (Å²) in [5.41, 5.74) is 0.0431. The maximum absolute atomic E-state index is 12.9. The van der Waals surface area contributed by atoms with Crippen LogP contribution in [0.25, 0.3) is 10.9 Å². The highest BCUT2D eigenvalue weighted by molar-refractivity contribution is 5.83. The van der Waals surface area contributed by atoms with Crippen molar-refractivity contribution in [2.45, 2.75) is 25.9 Å². The molecule has 5 heteroatoms. The van der Waals surface area contributed by atoms with Gasteiger partial charge in [-0.25, -0.2) is 0 Å². The molecule has 2 rings (SSSR count). The molecular weight excluding hydrogens is 229 g/mol. The maximum atomic E-state index is 12.9. The van der Waals surface area contributed by atoms with Crippen LogP contribution in [-0.4, -0.2) is 9.78 Å². The molecule has 0 radical (unpaired) electrons. The Morgan fingerprint density at radius 3 is 2.41 bits per heavy atom. The van der Waals surface area contributed by atoms with Crippen molar-refractivity contribution in [2.75, 3.05) is 0 Å². The summed E-state index contributed by atoms with van der Waals surface area (Å²) in [6, 6.07) is 2.96. The van der Waals surface area contributed by atoms with Gasteiger partial charge in [-0.2, -0.15) is 18.3 Å². The van der Waals surface area contributed by atoms with Gasteiger partial charge < -0.3 is 0 Å². The Labute approximate surface area is 97.0 Å². The molecular formula is C12H13F3N2. The molecule has 2 aromatic rings. The second-order valence-corrected chi connectivity index (χ2v) is 4.46. The zero-order valence-electron chi connectivity index (χ0n) is 9.84. The summed E-state index contributed by atoms with van der Waals surface area (Å²) in [4.78, 5) is 0. The lowest BCUT2D eigenvalue weighted by Crippen LogP contribution is -2.07. The van der Waals surface area contributed by atoms with Gasteiger partial charge in [-0.1, -0.05) is 13.8 Å². The van der Waals surface area contributed by atoms with Crippen molar-refractivity contribution >= 4 is 10.9 Å². The van der Waals surface area contributed by atoms with Crippen LogP contribution in [0.1, 0.15) is 30.9 Å². The van der Waals surface area contributed by atoms with Crippen molar-refractivity contribution in [3.05, 3.63) is 29.5 Å². The SMILES string of the molecule is CC(C)c1cc(C(F)(F)F)c2nn(C)cc2c1. The Balaban J connectivity index is 2.78. The quantitative estimate of drug-likeness (QED) is 0.745. The topological polar surface area (TPSA) is 17.8 Å². The van der Waals surface area contributed by atoms with E-state index in [1.807, 2.05) is 13.8 Å². The first-order valence-corrected chi connectivity index (χ1v) is 5.33. The van der Waals surface area contributed by atoms with Crippen molar-refractivity contribution in [1.82, 2.24) is 9.78 Å². The number of aromatic nitrogens is 2. The maximum Gasteiger partial charge on any atom is 0.418 e. The van der Waals surface area contributed by atoms with Crippen LogP contribution < -0.4 is 0 Å². The number of nitrogens with zero attached hydrogens (tertiary/aromatic N) is 2.